The van der Waals surface area contributed by atoms with Crippen molar-refractivity contribution in [2.45, 2.75) is 60.8 Å². The van der Waals surface area contributed by atoms with Gasteiger partial charge in [0.15, 0.2) is 16.2 Å². The van der Waals surface area contributed by atoms with Crippen LogP contribution in [0.1, 0.15) is 38.2 Å². The number of hydrogen-bond donors (Lipinski definition) is 1. The number of anilines is 2. The highest BCUT2D eigenvalue weighted by Gasteiger charge is 2.60. The van der Waals surface area contributed by atoms with E-state index >= 15 is 0 Å². The molecule has 0 radical (unpaired) electrons. The largest absolute Gasteiger partial charge is 0.447 e. The topological polar surface area (TPSA) is 142 Å². The molecule has 0 bridgehead atoms. The van der Waals surface area contributed by atoms with E-state index in [2.05, 4.69) is 20.9 Å². The van der Waals surface area contributed by atoms with Gasteiger partial charge in [0.2, 0.25) is 5.95 Å². The first-order valence-electron chi connectivity index (χ1n) is 15.1. The van der Waals surface area contributed by atoms with E-state index in [9.17, 15) is 27.9 Å². The number of sulfonamides is 1. The standard InChI is InChI=1S/C31H30BrCl2N5O7S/c1-29(17-19-2-4-20(32)5-3-19)25(40)38(23-15-21(33)14-22(34)16-23)28-35-18-24(39(28)29)47(44,45)37-12-10-36(11-13-37)26(41)31(8-9-31)46-27(42)30(43)6-7-30/h2-5,14-16,18,43H,6-13,17H2,1H3/t29-/m1/s1. The third-order valence-corrected chi connectivity index (χ3v) is 12.1. The summed E-state index contributed by atoms with van der Waals surface area (Å²) in [4.78, 5) is 47.3. The van der Waals surface area contributed by atoms with Gasteiger partial charge in [0, 0.05) is 60.0 Å². The van der Waals surface area contributed by atoms with Crippen LogP contribution in [0.5, 0.6) is 0 Å². The van der Waals surface area contributed by atoms with E-state index < -0.39 is 38.6 Å². The summed E-state index contributed by atoms with van der Waals surface area (Å²) in [5, 5.41) is 10.5. The Morgan fingerprint density at radius 1 is 1.00 bits per heavy atom. The fraction of sp³-hybridized carbons (Fsp3) is 0.419. The molecule has 7 rings (SSSR count). The van der Waals surface area contributed by atoms with Gasteiger partial charge in [-0.05, 0) is 55.7 Å². The number of esters is 1. The van der Waals surface area contributed by atoms with E-state index in [1.165, 1.54) is 30.9 Å². The molecule has 3 heterocycles. The molecule has 2 amide bonds. The molecular formula is C31H30BrCl2N5O7S. The van der Waals surface area contributed by atoms with E-state index in [0.29, 0.717) is 41.4 Å². The zero-order valence-electron chi connectivity index (χ0n) is 25.2. The Morgan fingerprint density at radius 3 is 2.19 bits per heavy atom. The average molecular weight is 767 g/mol. The Labute approximate surface area is 289 Å². The normalized spacial score (nSPS) is 23.0. The number of nitrogens with zero attached hydrogens (tertiary/aromatic N) is 5. The van der Waals surface area contributed by atoms with Crippen molar-refractivity contribution in [3.63, 3.8) is 0 Å². The van der Waals surface area contributed by atoms with Crippen LogP contribution in [-0.2, 0) is 41.1 Å². The van der Waals surface area contributed by atoms with Gasteiger partial charge in [0.1, 0.15) is 5.54 Å². The summed E-state index contributed by atoms with van der Waals surface area (Å²) in [5.41, 5.74) is -3.06. The van der Waals surface area contributed by atoms with E-state index in [1.807, 2.05) is 24.3 Å². The molecule has 2 aliphatic heterocycles. The van der Waals surface area contributed by atoms with Crippen LogP contribution in [0.4, 0.5) is 11.6 Å². The van der Waals surface area contributed by atoms with E-state index in [-0.39, 0.29) is 49.5 Å². The number of hydrogen-bond acceptors (Lipinski definition) is 8. The number of benzene rings is 2. The maximum Gasteiger partial charge on any atom is 0.339 e. The minimum atomic E-state index is -4.22. The van der Waals surface area contributed by atoms with Crippen molar-refractivity contribution in [3.8, 4) is 0 Å². The molecule has 1 atom stereocenters. The number of amides is 2. The van der Waals surface area contributed by atoms with Crippen LogP contribution >= 0.6 is 39.1 Å². The predicted molar refractivity (Wildman–Crippen MR) is 175 cm³/mol. The maximum absolute atomic E-state index is 14.3. The monoisotopic (exact) mass is 765 g/mol. The number of halogens is 3. The van der Waals surface area contributed by atoms with Crippen LogP contribution in [0.25, 0.3) is 0 Å². The van der Waals surface area contributed by atoms with Crippen LogP contribution in [-0.4, -0.2) is 87.4 Å². The van der Waals surface area contributed by atoms with Crippen molar-refractivity contribution >= 4 is 78.6 Å². The van der Waals surface area contributed by atoms with Crippen LogP contribution in [0.15, 0.2) is 58.2 Å². The van der Waals surface area contributed by atoms with Gasteiger partial charge in [-0.1, -0.05) is 51.3 Å². The highest BCUT2D eigenvalue weighted by Crippen LogP contribution is 2.47. The van der Waals surface area contributed by atoms with Gasteiger partial charge in [-0.15, -0.1) is 0 Å². The first-order valence-corrected chi connectivity index (χ1v) is 18.0. The molecule has 0 spiro atoms. The fourth-order valence-corrected chi connectivity index (χ4v) is 8.62. The Kier molecular flexibility index (Phi) is 7.80. The minimum Gasteiger partial charge on any atom is -0.447 e. The molecule has 2 saturated carbocycles. The predicted octanol–water partition coefficient (Wildman–Crippen LogP) is 4.02. The number of carbonyl (C=O) groups is 3. The van der Waals surface area contributed by atoms with E-state index in [1.54, 1.807) is 19.1 Å². The molecule has 47 heavy (non-hydrogen) atoms. The number of fused-ring (bicyclic) bond motifs is 1. The first kappa shape index (κ1) is 32.5. The fourth-order valence-electron chi connectivity index (χ4n) is 6.23. The van der Waals surface area contributed by atoms with Gasteiger partial charge < -0.3 is 14.7 Å². The van der Waals surface area contributed by atoms with Crippen molar-refractivity contribution in [3.05, 3.63) is 68.7 Å². The molecule has 1 aromatic heterocycles. The van der Waals surface area contributed by atoms with Crippen molar-refractivity contribution in [2.24, 2.45) is 0 Å². The lowest BCUT2D eigenvalue weighted by atomic mass is 9.92. The van der Waals surface area contributed by atoms with Gasteiger partial charge in [-0.3, -0.25) is 14.2 Å². The molecule has 12 nitrogen and oxygen atoms in total. The lowest BCUT2D eigenvalue weighted by molar-refractivity contribution is -0.172. The van der Waals surface area contributed by atoms with Gasteiger partial charge in [0.05, 0.1) is 11.9 Å². The Hall–Kier alpha value is -3.01. The van der Waals surface area contributed by atoms with Crippen molar-refractivity contribution in [1.82, 2.24) is 18.8 Å². The summed E-state index contributed by atoms with van der Waals surface area (Å²) in [5.74, 6) is -1.47. The van der Waals surface area contributed by atoms with Gasteiger partial charge in [-0.25, -0.2) is 23.1 Å². The molecule has 0 unspecified atom stereocenters. The molecule has 1 saturated heterocycles. The molecule has 1 N–H and O–H groups in total. The second-order valence-electron chi connectivity index (χ2n) is 12.7. The number of aromatic nitrogens is 2. The molecule has 2 aromatic carbocycles. The Bertz CT molecular complexity index is 1900. The first-order chi connectivity index (χ1) is 22.2. The van der Waals surface area contributed by atoms with Gasteiger partial charge in [0.25, 0.3) is 21.8 Å². The molecular weight excluding hydrogens is 737 g/mol. The average Bonchev–Trinajstić information content (AvgIpc) is 3.92. The van der Waals surface area contributed by atoms with Crippen LogP contribution in [0.3, 0.4) is 0 Å². The zero-order chi connectivity index (χ0) is 33.5. The summed E-state index contributed by atoms with van der Waals surface area (Å²) >= 11 is 16.0. The third kappa shape index (κ3) is 5.56. The van der Waals surface area contributed by atoms with Gasteiger partial charge in [-0.2, -0.15) is 4.31 Å². The summed E-state index contributed by atoms with van der Waals surface area (Å²) in [6.07, 6.45) is 2.73. The lowest BCUT2D eigenvalue weighted by Gasteiger charge is -2.36. The number of aliphatic hydroxyl groups is 1. The summed E-state index contributed by atoms with van der Waals surface area (Å²) < 4.78 is 37.6. The summed E-state index contributed by atoms with van der Waals surface area (Å²) in [7, 11) is -4.22. The lowest BCUT2D eigenvalue weighted by Crippen LogP contribution is -2.54. The third-order valence-electron chi connectivity index (χ3n) is 9.25. The van der Waals surface area contributed by atoms with Crippen LogP contribution in [0, 0.1) is 0 Å². The number of carbonyl (C=O) groups excluding carboxylic acids is 3. The molecule has 4 aliphatic rings. The van der Waals surface area contributed by atoms with Crippen molar-refractivity contribution < 1.29 is 32.6 Å². The second-order valence-corrected chi connectivity index (χ2v) is 16.4. The number of rotatable bonds is 8. The Morgan fingerprint density at radius 2 is 1.62 bits per heavy atom. The molecule has 248 valence electrons. The van der Waals surface area contributed by atoms with Crippen LogP contribution < -0.4 is 4.90 Å². The summed E-state index contributed by atoms with van der Waals surface area (Å²) in [6, 6.07) is 12.1. The molecule has 16 heteroatoms. The SMILES string of the molecule is C[C@@]1(Cc2ccc(Br)cc2)C(=O)N(c2cc(Cl)cc(Cl)c2)c2ncc(S(=O)(=O)N3CCN(C(=O)C4(OC(=O)C5(O)CC5)CC4)CC3)n21. The zero-order valence-corrected chi connectivity index (χ0v) is 29.1. The number of piperazine rings is 1. The van der Waals surface area contributed by atoms with Crippen molar-refractivity contribution in [1.29, 1.82) is 0 Å². The second kappa shape index (κ2) is 11.3. The van der Waals surface area contributed by atoms with Gasteiger partial charge >= 0.3 is 5.97 Å². The maximum atomic E-state index is 14.3. The number of imidazole rings is 1. The van der Waals surface area contributed by atoms with Crippen LogP contribution in [0.2, 0.25) is 10.0 Å². The van der Waals surface area contributed by atoms with E-state index in [4.69, 9.17) is 27.9 Å². The minimum absolute atomic E-state index is 0.0203. The highest BCUT2D eigenvalue weighted by atomic mass is 79.9. The smallest absolute Gasteiger partial charge is 0.339 e. The number of ether oxygens (including phenoxy) is 1. The van der Waals surface area contributed by atoms with Crippen molar-refractivity contribution in [2.75, 3.05) is 31.1 Å². The Balaban J connectivity index is 1.17. The molecule has 2 aliphatic carbocycles. The van der Waals surface area contributed by atoms with E-state index in [0.717, 1.165) is 10.0 Å². The molecule has 3 aromatic rings. The molecule has 3 fully saturated rings. The quantitative estimate of drug-likeness (QED) is 0.339. The highest BCUT2D eigenvalue weighted by molar-refractivity contribution is 9.10. The summed E-state index contributed by atoms with van der Waals surface area (Å²) in [6.45, 7) is 1.79.